The molecular weight excluding hydrogens is 290 g/mol. The van der Waals surface area contributed by atoms with Crippen LogP contribution in [0.4, 0.5) is 0 Å². The van der Waals surface area contributed by atoms with Crippen molar-refractivity contribution in [2.45, 2.75) is 32.7 Å². The molecule has 4 heteroatoms. The summed E-state index contributed by atoms with van der Waals surface area (Å²) in [5, 5.41) is 11.8. The number of amides is 1. The largest absolute Gasteiger partial charge is 0.478 e. The van der Waals surface area contributed by atoms with E-state index in [0.717, 1.165) is 16.7 Å². The second kappa shape index (κ2) is 6.65. The van der Waals surface area contributed by atoms with Crippen molar-refractivity contribution in [3.63, 3.8) is 0 Å². The minimum absolute atomic E-state index is 0.0610. The van der Waals surface area contributed by atoms with E-state index in [-0.39, 0.29) is 11.5 Å². The summed E-state index contributed by atoms with van der Waals surface area (Å²) < 4.78 is 0. The maximum absolute atomic E-state index is 12.6. The third kappa shape index (κ3) is 3.77. The predicted molar refractivity (Wildman–Crippen MR) is 89.5 cm³/mol. The molecule has 0 fully saturated rings. The minimum atomic E-state index is -0.957. The molecule has 0 saturated heterocycles. The molecule has 2 aromatic rings. The Morgan fingerprint density at radius 3 is 2.22 bits per heavy atom. The van der Waals surface area contributed by atoms with Crippen molar-refractivity contribution in [1.29, 1.82) is 0 Å². The van der Waals surface area contributed by atoms with Gasteiger partial charge in [-0.25, -0.2) is 4.79 Å². The molecule has 0 atom stereocenters. The number of hydrogen-bond acceptors (Lipinski definition) is 2. The van der Waals surface area contributed by atoms with Gasteiger partial charge >= 0.3 is 5.97 Å². The van der Waals surface area contributed by atoms with Crippen molar-refractivity contribution in [3.8, 4) is 0 Å². The van der Waals surface area contributed by atoms with Crippen LogP contribution in [-0.2, 0) is 16.8 Å². The third-order valence-electron chi connectivity index (χ3n) is 4.04. The lowest BCUT2D eigenvalue weighted by Gasteiger charge is -2.26. The van der Waals surface area contributed by atoms with Crippen LogP contribution < -0.4 is 5.32 Å². The molecule has 1 amide bonds. The molecule has 0 aromatic heterocycles. The first-order chi connectivity index (χ1) is 10.8. The SMILES string of the molecule is Cc1ccccc1C(C)(C)C(=O)NCc1ccc(C(=O)O)cc1. The molecule has 120 valence electrons. The lowest BCUT2D eigenvalue weighted by atomic mass is 9.81. The molecule has 0 heterocycles. The molecule has 23 heavy (non-hydrogen) atoms. The zero-order valence-corrected chi connectivity index (χ0v) is 13.6. The highest BCUT2D eigenvalue weighted by molar-refractivity contribution is 5.88. The van der Waals surface area contributed by atoms with Gasteiger partial charge in [0.25, 0.3) is 0 Å². The topological polar surface area (TPSA) is 66.4 Å². The van der Waals surface area contributed by atoms with Gasteiger partial charge in [-0.1, -0.05) is 36.4 Å². The second-order valence-electron chi connectivity index (χ2n) is 6.12. The van der Waals surface area contributed by atoms with E-state index < -0.39 is 11.4 Å². The first-order valence-corrected chi connectivity index (χ1v) is 7.49. The summed E-state index contributed by atoms with van der Waals surface area (Å²) in [6.07, 6.45) is 0. The molecule has 0 bridgehead atoms. The number of carbonyl (C=O) groups is 2. The Balaban J connectivity index is 2.06. The van der Waals surface area contributed by atoms with Crippen LogP contribution in [-0.4, -0.2) is 17.0 Å². The van der Waals surface area contributed by atoms with Gasteiger partial charge in [-0.15, -0.1) is 0 Å². The molecule has 4 nitrogen and oxygen atoms in total. The van der Waals surface area contributed by atoms with Gasteiger partial charge in [0.2, 0.25) is 5.91 Å². The molecule has 0 saturated carbocycles. The fraction of sp³-hybridized carbons (Fsp3) is 0.263. The summed E-state index contributed by atoms with van der Waals surface area (Å²) in [4.78, 5) is 23.4. The molecule has 2 rings (SSSR count). The molecule has 2 aromatic carbocycles. The molecule has 0 aliphatic heterocycles. The van der Waals surface area contributed by atoms with Crippen molar-refractivity contribution in [2.75, 3.05) is 0 Å². The van der Waals surface area contributed by atoms with Crippen LogP contribution in [0.25, 0.3) is 0 Å². The van der Waals surface area contributed by atoms with E-state index in [1.54, 1.807) is 12.1 Å². The standard InChI is InChI=1S/C19H21NO3/c1-13-6-4-5-7-16(13)19(2,3)18(23)20-12-14-8-10-15(11-9-14)17(21)22/h4-11H,12H2,1-3H3,(H,20,23)(H,21,22). The smallest absolute Gasteiger partial charge is 0.335 e. The zero-order valence-electron chi connectivity index (χ0n) is 13.6. The van der Waals surface area contributed by atoms with Gasteiger partial charge in [0.1, 0.15) is 0 Å². The van der Waals surface area contributed by atoms with E-state index in [0.29, 0.717) is 6.54 Å². The Hall–Kier alpha value is -2.62. The van der Waals surface area contributed by atoms with E-state index in [9.17, 15) is 9.59 Å². The molecular formula is C19H21NO3. The van der Waals surface area contributed by atoms with Crippen LogP contribution >= 0.6 is 0 Å². The van der Waals surface area contributed by atoms with E-state index in [1.807, 2.05) is 45.0 Å². The number of rotatable bonds is 5. The van der Waals surface area contributed by atoms with Crippen LogP contribution in [0.2, 0.25) is 0 Å². The van der Waals surface area contributed by atoms with E-state index in [1.165, 1.54) is 12.1 Å². The number of aromatic carboxylic acids is 1. The first-order valence-electron chi connectivity index (χ1n) is 7.49. The summed E-state index contributed by atoms with van der Waals surface area (Å²) in [5.74, 6) is -1.02. The quantitative estimate of drug-likeness (QED) is 0.890. The highest BCUT2D eigenvalue weighted by Gasteiger charge is 2.30. The number of carboxylic acid groups (broad SMARTS) is 1. The maximum atomic E-state index is 12.6. The highest BCUT2D eigenvalue weighted by atomic mass is 16.4. The summed E-state index contributed by atoms with van der Waals surface area (Å²) >= 11 is 0. The molecule has 2 N–H and O–H groups in total. The minimum Gasteiger partial charge on any atom is -0.478 e. The number of aryl methyl sites for hydroxylation is 1. The molecule has 0 unspecified atom stereocenters. The number of benzene rings is 2. The average molecular weight is 311 g/mol. The van der Waals surface area contributed by atoms with Crippen molar-refractivity contribution in [3.05, 3.63) is 70.8 Å². The lowest BCUT2D eigenvalue weighted by Crippen LogP contribution is -2.40. The van der Waals surface area contributed by atoms with Gasteiger partial charge in [0.05, 0.1) is 11.0 Å². The first kappa shape index (κ1) is 16.7. The highest BCUT2D eigenvalue weighted by Crippen LogP contribution is 2.26. The predicted octanol–water partition coefficient (Wildman–Crippen LogP) is 3.29. The zero-order chi connectivity index (χ0) is 17.0. The Bertz CT molecular complexity index is 718. The van der Waals surface area contributed by atoms with Crippen LogP contribution in [0.1, 0.15) is 40.9 Å². The van der Waals surface area contributed by atoms with Crippen LogP contribution in [0, 0.1) is 6.92 Å². The average Bonchev–Trinajstić information content (AvgIpc) is 2.53. The van der Waals surface area contributed by atoms with Gasteiger partial charge in [-0.3, -0.25) is 4.79 Å². The Labute approximate surface area is 136 Å². The summed E-state index contributed by atoms with van der Waals surface area (Å²) in [6, 6.07) is 14.4. The van der Waals surface area contributed by atoms with Gasteiger partial charge < -0.3 is 10.4 Å². The van der Waals surface area contributed by atoms with Gasteiger partial charge in [-0.2, -0.15) is 0 Å². The third-order valence-corrected chi connectivity index (χ3v) is 4.04. The molecule has 0 aliphatic carbocycles. The number of carbonyl (C=O) groups excluding carboxylic acids is 1. The lowest BCUT2D eigenvalue weighted by molar-refractivity contribution is -0.125. The van der Waals surface area contributed by atoms with Crippen LogP contribution in [0.15, 0.2) is 48.5 Å². The van der Waals surface area contributed by atoms with E-state index in [4.69, 9.17) is 5.11 Å². The molecule has 0 aliphatic rings. The van der Waals surface area contributed by atoms with Gasteiger partial charge in [-0.05, 0) is 49.6 Å². The van der Waals surface area contributed by atoms with E-state index >= 15 is 0 Å². The number of hydrogen-bond donors (Lipinski definition) is 2. The van der Waals surface area contributed by atoms with Gasteiger partial charge in [0, 0.05) is 6.54 Å². The van der Waals surface area contributed by atoms with Crippen molar-refractivity contribution in [2.24, 2.45) is 0 Å². The fourth-order valence-electron chi connectivity index (χ4n) is 2.56. The number of nitrogens with one attached hydrogen (secondary N) is 1. The van der Waals surface area contributed by atoms with Crippen LogP contribution in [0.3, 0.4) is 0 Å². The van der Waals surface area contributed by atoms with Gasteiger partial charge in [0.15, 0.2) is 0 Å². The van der Waals surface area contributed by atoms with Crippen LogP contribution in [0.5, 0.6) is 0 Å². The fourth-order valence-corrected chi connectivity index (χ4v) is 2.56. The maximum Gasteiger partial charge on any atom is 0.335 e. The normalized spacial score (nSPS) is 11.1. The Morgan fingerprint density at radius 2 is 1.65 bits per heavy atom. The number of carboxylic acids is 1. The van der Waals surface area contributed by atoms with Crippen molar-refractivity contribution >= 4 is 11.9 Å². The monoisotopic (exact) mass is 311 g/mol. The van der Waals surface area contributed by atoms with E-state index in [2.05, 4.69) is 5.32 Å². The second-order valence-corrected chi connectivity index (χ2v) is 6.12. The summed E-state index contributed by atoms with van der Waals surface area (Å²) in [7, 11) is 0. The van der Waals surface area contributed by atoms with Crippen molar-refractivity contribution < 1.29 is 14.7 Å². The summed E-state index contributed by atoms with van der Waals surface area (Å²) in [5.41, 5.74) is 2.55. The van der Waals surface area contributed by atoms with Crippen molar-refractivity contribution in [1.82, 2.24) is 5.32 Å². The Kier molecular flexibility index (Phi) is 4.84. The summed E-state index contributed by atoms with van der Waals surface area (Å²) in [6.45, 7) is 6.17. The molecule has 0 radical (unpaired) electrons. The molecule has 0 spiro atoms. The Morgan fingerprint density at radius 1 is 1.04 bits per heavy atom.